The molecular formula is C13H13BrN2O3. The van der Waals surface area contributed by atoms with Crippen LogP contribution < -0.4 is 0 Å². The average molecular weight is 325 g/mol. The van der Waals surface area contributed by atoms with Crippen LogP contribution in [0.5, 0.6) is 0 Å². The Bertz CT molecular complexity index is 561. The highest BCUT2D eigenvalue weighted by atomic mass is 79.9. The molecule has 5 nitrogen and oxygen atoms in total. The van der Waals surface area contributed by atoms with Gasteiger partial charge in [0.25, 0.3) is 11.6 Å². The lowest BCUT2D eigenvalue weighted by molar-refractivity contribution is -0.384. The molecule has 3 rings (SSSR count). The van der Waals surface area contributed by atoms with Gasteiger partial charge < -0.3 is 4.90 Å². The van der Waals surface area contributed by atoms with E-state index in [0.29, 0.717) is 22.0 Å². The predicted molar refractivity (Wildman–Crippen MR) is 73.0 cm³/mol. The number of fused-ring (bicyclic) bond motifs is 2. The van der Waals surface area contributed by atoms with Crippen LogP contribution in [-0.4, -0.2) is 28.3 Å². The van der Waals surface area contributed by atoms with Crippen molar-refractivity contribution in [1.82, 2.24) is 4.90 Å². The molecule has 2 aliphatic rings. The summed E-state index contributed by atoms with van der Waals surface area (Å²) in [4.78, 5) is 24.7. The third kappa shape index (κ3) is 2.14. The van der Waals surface area contributed by atoms with Gasteiger partial charge in [0.1, 0.15) is 0 Å². The second-order valence-corrected chi connectivity index (χ2v) is 6.07. The number of benzene rings is 1. The number of halogens is 1. The lowest BCUT2D eigenvalue weighted by Gasteiger charge is -2.27. The average Bonchev–Trinajstić information content (AvgIpc) is 3.00. The number of carbonyl (C=O) groups is 1. The van der Waals surface area contributed by atoms with E-state index >= 15 is 0 Å². The highest BCUT2D eigenvalue weighted by Gasteiger charge is 2.40. The zero-order valence-corrected chi connectivity index (χ0v) is 11.8. The lowest BCUT2D eigenvalue weighted by Crippen LogP contribution is -2.37. The van der Waals surface area contributed by atoms with Crippen LogP contribution in [0.1, 0.15) is 29.6 Å². The molecule has 1 aliphatic heterocycles. The quantitative estimate of drug-likeness (QED) is 0.620. The molecule has 1 heterocycles. The fourth-order valence-electron chi connectivity index (χ4n) is 3.12. The van der Waals surface area contributed by atoms with Crippen molar-refractivity contribution in [3.8, 4) is 0 Å². The zero-order valence-electron chi connectivity index (χ0n) is 10.2. The molecule has 19 heavy (non-hydrogen) atoms. The Balaban J connectivity index is 1.91. The SMILES string of the molecule is O=C(c1cc([N+](=O)[O-])ccc1Br)N1CC2CCC1C2. The molecular weight excluding hydrogens is 312 g/mol. The van der Waals surface area contributed by atoms with Crippen LogP contribution in [0.25, 0.3) is 0 Å². The molecule has 6 heteroatoms. The fraction of sp³-hybridized carbons (Fsp3) is 0.462. The van der Waals surface area contributed by atoms with E-state index in [4.69, 9.17) is 0 Å². The van der Waals surface area contributed by atoms with E-state index in [1.807, 2.05) is 4.90 Å². The van der Waals surface area contributed by atoms with Gasteiger partial charge in [0, 0.05) is 29.2 Å². The first-order valence-corrected chi connectivity index (χ1v) is 7.10. The third-order valence-electron chi connectivity index (χ3n) is 4.06. The maximum Gasteiger partial charge on any atom is 0.270 e. The number of nitro benzene ring substituents is 1. The molecule has 1 aromatic rings. The van der Waals surface area contributed by atoms with Crippen molar-refractivity contribution in [3.63, 3.8) is 0 Å². The van der Waals surface area contributed by atoms with Crippen molar-refractivity contribution in [3.05, 3.63) is 38.3 Å². The maximum absolute atomic E-state index is 12.5. The summed E-state index contributed by atoms with van der Waals surface area (Å²) >= 11 is 3.31. The van der Waals surface area contributed by atoms with Gasteiger partial charge in [-0.1, -0.05) is 0 Å². The molecule has 1 saturated carbocycles. The molecule has 0 aromatic heterocycles. The van der Waals surface area contributed by atoms with Gasteiger partial charge in [0.15, 0.2) is 0 Å². The zero-order chi connectivity index (χ0) is 13.6. The summed E-state index contributed by atoms with van der Waals surface area (Å²) in [6.45, 7) is 0.790. The number of hydrogen-bond donors (Lipinski definition) is 0. The molecule has 0 N–H and O–H groups in total. The third-order valence-corrected chi connectivity index (χ3v) is 4.75. The van der Waals surface area contributed by atoms with Crippen molar-refractivity contribution in [2.45, 2.75) is 25.3 Å². The first kappa shape index (κ1) is 12.6. The van der Waals surface area contributed by atoms with E-state index in [0.717, 1.165) is 19.4 Å². The van der Waals surface area contributed by atoms with Gasteiger partial charge >= 0.3 is 0 Å². The Hall–Kier alpha value is -1.43. The van der Waals surface area contributed by atoms with Crippen LogP contribution >= 0.6 is 15.9 Å². The number of rotatable bonds is 2. The Morgan fingerprint density at radius 1 is 1.42 bits per heavy atom. The number of nitro groups is 1. The van der Waals surface area contributed by atoms with Crippen LogP contribution in [0.15, 0.2) is 22.7 Å². The van der Waals surface area contributed by atoms with Crippen LogP contribution in [0.4, 0.5) is 5.69 Å². The van der Waals surface area contributed by atoms with Crippen molar-refractivity contribution in [2.24, 2.45) is 5.92 Å². The van der Waals surface area contributed by atoms with E-state index in [-0.39, 0.29) is 11.6 Å². The lowest BCUT2D eigenvalue weighted by atomic mass is 10.1. The molecule has 1 amide bonds. The maximum atomic E-state index is 12.5. The minimum Gasteiger partial charge on any atom is -0.335 e. The predicted octanol–water partition coefficient (Wildman–Crippen LogP) is 2.98. The topological polar surface area (TPSA) is 63.4 Å². The standard InChI is InChI=1S/C13H13BrN2O3/c14-12-4-3-10(16(18)19)6-11(12)13(17)15-7-8-1-2-9(15)5-8/h3-4,6,8-9H,1-2,5,7H2. The van der Waals surface area contributed by atoms with Crippen LogP contribution in [-0.2, 0) is 0 Å². The van der Waals surface area contributed by atoms with Gasteiger partial charge in [-0.2, -0.15) is 0 Å². The number of likely N-dealkylation sites (tertiary alicyclic amines) is 1. The fourth-order valence-corrected chi connectivity index (χ4v) is 3.54. The molecule has 1 aliphatic carbocycles. The van der Waals surface area contributed by atoms with Crippen molar-refractivity contribution < 1.29 is 9.72 Å². The summed E-state index contributed by atoms with van der Waals surface area (Å²) in [6.07, 6.45) is 3.34. The van der Waals surface area contributed by atoms with E-state index in [9.17, 15) is 14.9 Å². The summed E-state index contributed by atoms with van der Waals surface area (Å²) in [5.74, 6) is 0.522. The molecule has 0 radical (unpaired) electrons. The van der Waals surface area contributed by atoms with Gasteiger partial charge in [-0.15, -0.1) is 0 Å². The Morgan fingerprint density at radius 3 is 2.79 bits per heavy atom. The summed E-state index contributed by atoms with van der Waals surface area (Å²) < 4.78 is 0.617. The summed E-state index contributed by atoms with van der Waals surface area (Å²) in [5.41, 5.74) is 0.345. The number of piperidine rings is 1. The van der Waals surface area contributed by atoms with Crippen molar-refractivity contribution >= 4 is 27.5 Å². The van der Waals surface area contributed by atoms with E-state index < -0.39 is 4.92 Å². The molecule has 1 saturated heterocycles. The summed E-state index contributed by atoms with van der Waals surface area (Å²) in [5, 5.41) is 10.8. The first-order valence-electron chi connectivity index (χ1n) is 6.31. The molecule has 1 aromatic carbocycles. The van der Waals surface area contributed by atoms with E-state index in [1.54, 1.807) is 6.07 Å². The number of hydrogen-bond acceptors (Lipinski definition) is 3. The van der Waals surface area contributed by atoms with Gasteiger partial charge in [0.05, 0.1) is 10.5 Å². The number of carbonyl (C=O) groups excluding carboxylic acids is 1. The molecule has 2 fully saturated rings. The highest BCUT2D eigenvalue weighted by Crippen LogP contribution is 2.38. The van der Waals surface area contributed by atoms with Crippen LogP contribution in [0.3, 0.4) is 0 Å². The number of nitrogens with zero attached hydrogens (tertiary/aromatic N) is 2. The Kier molecular flexibility index (Phi) is 3.05. The molecule has 2 bridgehead atoms. The number of amides is 1. The molecule has 2 unspecified atom stereocenters. The minimum absolute atomic E-state index is 0.0455. The normalized spacial score (nSPS) is 24.8. The smallest absolute Gasteiger partial charge is 0.270 e. The van der Waals surface area contributed by atoms with Gasteiger partial charge in [0.2, 0.25) is 0 Å². The van der Waals surface area contributed by atoms with Gasteiger partial charge in [-0.3, -0.25) is 14.9 Å². The molecule has 2 atom stereocenters. The van der Waals surface area contributed by atoms with Gasteiger partial charge in [-0.05, 0) is 47.2 Å². The number of non-ortho nitro benzene ring substituents is 1. The first-order chi connectivity index (χ1) is 9.06. The second-order valence-electron chi connectivity index (χ2n) is 5.21. The Labute approximate surface area is 118 Å². The summed E-state index contributed by atoms with van der Waals surface area (Å²) in [7, 11) is 0. The summed E-state index contributed by atoms with van der Waals surface area (Å²) in [6, 6.07) is 4.65. The van der Waals surface area contributed by atoms with E-state index in [1.165, 1.54) is 18.6 Å². The molecule has 0 spiro atoms. The molecule has 100 valence electrons. The van der Waals surface area contributed by atoms with Crippen LogP contribution in [0, 0.1) is 16.0 Å². The Morgan fingerprint density at radius 2 is 2.21 bits per heavy atom. The minimum atomic E-state index is -0.473. The highest BCUT2D eigenvalue weighted by molar-refractivity contribution is 9.10. The van der Waals surface area contributed by atoms with Crippen LogP contribution in [0.2, 0.25) is 0 Å². The largest absolute Gasteiger partial charge is 0.335 e. The van der Waals surface area contributed by atoms with Crippen molar-refractivity contribution in [1.29, 1.82) is 0 Å². The monoisotopic (exact) mass is 324 g/mol. The van der Waals surface area contributed by atoms with Crippen molar-refractivity contribution in [2.75, 3.05) is 6.54 Å². The second kappa shape index (κ2) is 4.59. The van der Waals surface area contributed by atoms with Gasteiger partial charge in [-0.25, -0.2) is 0 Å². The van der Waals surface area contributed by atoms with E-state index in [2.05, 4.69) is 15.9 Å².